The highest BCUT2D eigenvalue weighted by Crippen LogP contribution is 2.27. The molecule has 2 N–H and O–H groups in total. The summed E-state index contributed by atoms with van der Waals surface area (Å²) in [7, 11) is 0. The minimum Gasteiger partial charge on any atom is -0.488 e. The lowest BCUT2D eigenvalue weighted by Gasteiger charge is -2.21. The highest BCUT2D eigenvalue weighted by molar-refractivity contribution is 5.37. The summed E-state index contributed by atoms with van der Waals surface area (Å²) in [4.78, 5) is 0. The van der Waals surface area contributed by atoms with Crippen molar-refractivity contribution < 1.29 is 9.84 Å². The lowest BCUT2D eigenvalue weighted by molar-refractivity contribution is 0.0978. The Morgan fingerprint density at radius 3 is 2.74 bits per heavy atom. The summed E-state index contributed by atoms with van der Waals surface area (Å²) in [5.41, 5.74) is 1.29. The molecule has 1 aliphatic rings. The molecule has 106 valence electrons. The van der Waals surface area contributed by atoms with Crippen LogP contribution in [0, 0.1) is 5.92 Å². The van der Waals surface area contributed by atoms with Crippen molar-refractivity contribution in [3.63, 3.8) is 0 Å². The first-order chi connectivity index (χ1) is 9.24. The molecule has 1 aliphatic heterocycles. The van der Waals surface area contributed by atoms with E-state index in [4.69, 9.17) is 4.74 Å². The van der Waals surface area contributed by atoms with Crippen molar-refractivity contribution in [1.82, 2.24) is 5.32 Å². The van der Waals surface area contributed by atoms with Crippen LogP contribution in [0.4, 0.5) is 0 Å². The van der Waals surface area contributed by atoms with E-state index in [0.717, 1.165) is 31.6 Å². The van der Waals surface area contributed by atoms with Gasteiger partial charge in [-0.05, 0) is 17.5 Å². The standard InChI is InChI=1S/C16H25NO2/c1-3-12(4-2)15(18)11-17-10-14-9-13-7-5-6-8-16(13)19-14/h5-8,12,14-15,17-18H,3-4,9-11H2,1-2H3. The van der Waals surface area contributed by atoms with Gasteiger partial charge in [-0.3, -0.25) is 0 Å². The largest absolute Gasteiger partial charge is 0.488 e. The number of benzene rings is 1. The van der Waals surface area contributed by atoms with E-state index in [1.807, 2.05) is 12.1 Å². The Kier molecular flexibility index (Phi) is 5.23. The van der Waals surface area contributed by atoms with Crippen molar-refractivity contribution in [2.45, 2.75) is 45.3 Å². The molecule has 2 atom stereocenters. The van der Waals surface area contributed by atoms with Crippen LogP contribution in [-0.4, -0.2) is 30.4 Å². The minimum absolute atomic E-state index is 0.200. The first kappa shape index (κ1) is 14.4. The van der Waals surface area contributed by atoms with E-state index < -0.39 is 0 Å². The number of nitrogens with one attached hydrogen (secondary N) is 1. The van der Waals surface area contributed by atoms with Crippen LogP contribution in [0.3, 0.4) is 0 Å². The molecular formula is C16H25NO2. The summed E-state index contributed by atoms with van der Waals surface area (Å²) in [6, 6.07) is 8.20. The minimum atomic E-state index is -0.251. The van der Waals surface area contributed by atoms with Crippen LogP contribution in [0.2, 0.25) is 0 Å². The number of ether oxygens (including phenoxy) is 1. The van der Waals surface area contributed by atoms with E-state index in [0.29, 0.717) is 12.5 Å². The molecule has 0 saturated heterocycles. The molecule has 2 rings (SSSR count). The number of aliphatic hydroxyl groups is 1. The fourth-order valence-electron chi connectivity index (χ4n) is 2.76. The average Bonchev–Trinajstić information content (AvgIpc) is 2.82. The van der Waals surface area contributed by atoms with E-state index in [1.165, 1.54) is 5.56 Å². The summed E-state index contributed by atoms with van der Waals surface area (Å²) in [5, 5.41) is 13.4. The second-order valence-corrected chi connectivity index (χ2v) is 5.35. The van der Waals surface area contributed by atoms with Crippen LogP contribution >= 0.6 is 0 Å². The van der Waals surface area contributed by atoms with Crippen LogP contribution in [0.5, 0.6) is 5.75 Å². The van der Waals surface area contributed by atoms with Crippen molar-refractivity contribution in [1.29, 1.82) is 0 Å². The summed E-state index contributed by atoms with van der Waals surface area (Å²) in [6.45, 7) is 5.72. The monoisotopic (exact) mass is 263 g/mol. The molecule has 1 aromatic rings. The molecule has 0 aromatic heterocycles. The third kappa shape index (κ3) is 3.71. The molecule has 0 radical (unpaired) electrons. The topological polar surface area (TPSA) is 41.5 Å². The normalized spacial score (nSPS) is 19.3. The molecule has 3 heteroatoms. The first-order valence-electron chi connectivity index (χ1n) is 7.37. The Hall–Kier alpha value is -1.06. The van der Waals surface area contributed by atoms with Gasteiger partial charge in [0.15, 0.2) is 0 Å². The van der Waals surface area contributed by atoms with Gasteiger partial charge in [0.05, 0.1) is 6.10 Å². The number of para-hydroxylation sites is 1. The van der Waals surface area contributed by atoms with Gasteiger partial charge >= 0.3 is 0 Å². The summed E-state index contributed by atoms with van der Waals surface area (Å²) < 4.78 is 5.86. The Morgan fingerprint density at radius 2 is 2.05 bits per heavy atom. The molecule has 0 spiro atoms. The molecule has 0 aliphatic carbocycles. The van der Waals surface area contributed by atoms with E-state index in [2.05, 4.69) is 31.3 Å². The predicted octanol–water partition coefficient (Wildman–Crippen LogP) is 2.38. The number of fused-ring (bicyclic) bond motifs is 1. The third-order valence-corrected chi connectivity index (χ3v) is 4.03. The maximum Gasteiger partial charge on any atom is 0.123 e. The van der Waals surface area contributed by atoms with Crippen molar-refractivity contribution in [2.75, 3.05) is 13.1 Å². The number of rotatable bonds is 7. The molecule has 0 amide bonds. The van der Waals surface area contributed by atoms with E-state index in [-0.39, 0.29) is 12.2 Å². The predicted molar refractivity (Wildman–Crippen MR) is 77.5 cm³/mol. The molecular weight excluding hydrogens is 238 g/mol. The number of hydrogen-bond donors (Lipinski definition) is 2. The van der Waals surface area contributed by atoms with Crippen LogP contribution in [0.1, 0.15) is 32.3 Å². The van der Waals surface area contributed by atoms with Gasteiger partial charge < -0.3 is 15.2 Å². The zero-order valence-corrected chi connectivity index (χ0v) is 11.9. The van der Waals surface area contributed by atoms with Gasteiger partial charge in [0.2, 0.25) is 0 Å². The number of hydrogen-bond acceptors (Lipinski definition) is 3. The van der Waals surface area contributed by atoms with Crippen molar-refractivity contribution in [3.8, 4) is 5.75 Å². The molecule has 1 heterocycles. The molecule has 0 fully saturated rings. The van der Waals surface area contributed by atoms with Crippen molar-refractivity contribution in [2.24, 2.45) is 5.92 Å². The van der Waals surface area contributed by atoms with Crippen LogP contribution in [0.25, 0.3) is 0 Å². The van der Waals surface area contributed by atoms with Crippen molar-refractivity contribution in [3.05, 3.63) is 29.8 Å². The maximum atomic E-state index is 10.1. The van der Waals surface area contributed by atoms with E-state index >= 15 is 0 Å². The van der Waals surface area contributed by atoms with E-state index in [1.54, 1.807) is 0 Å². The summed E-state index contributed by atoms with van der Waals surface area (Å²) in [5.74, 6) is 1.41. The van der Waals surface area contributed by atoms with Gasteiger partial charge in [0.1, 0.15) is 11.9 Å². The fraction of sp³-hybridized carbons (Fsp3) is 0.625. The molecule has 0 bridgehead atoms. The lowest BCUT2D eigenvalue weighted by Crippen LogP contribution is -2.37. The highest BCUT2D eigenvalue weighted by atomic mass is 16.5. The molecule has 19 heavy (non-hydrogen) atoms. The molecule has 2 unspecified atom stereocenters. The van der Waals surface area contributed by atoms with Crippen molar-refractivity contribution >= 4 is 0 Å². The Morgan fingerprint density at radius 1 is 1.32 bits per heavy atom. The SMILES string of the molecule is CCC(CC)C(O)CNCC1Cc2ccccc2O1. The van der Waals surface area contributed by atoms with Crippen LogP contribution in [0.15, 0.2) is 24.3 Å². The van der Waals surface area contributed by atoms with Gasteiger partial charge in [-0.1, -0.05) is 44.9 Å². The Balaban J connectivity index is 1.71. The third-order valence-electron chi connectivity index (χ3n) is 4.03. The molecule has 1 aromatic carbocycles. The lowest BCUT2D eigenvalue weighted by atomic mass is 9.96. The zero-order chi connectivity index (χ0) is 13.7. The molecule has 0 saturated carbocycles. The quantitative estimate of drug-likeness (QED) is 0.793. The maximum absolute atomic E-state index is 10.1. The fourth-order valence-corrected chi connectivity index (χ4v) is 2.76. The smallest absolute Gasteiger partial charge is 0.123 e. The van der Waals surface area contributed by atoms with Gasteiger partial charge in [-0.25, -0.2) is 0 Å². The first-order valence-corrected chi connectivity index (χ1v) is 7.37. The zero-order valence-electron chi connectivity index (χ0n) is 11.9. The Labute approximate surface area is 116 Å². The van der Waals surface area contributed by atoms with E-state index in [9.17, 15) is 5.11 Å². The van der Waals surface area contributed by atoms with Crippen LogP contribution in [-0.2, 0) is 6.42 Å². The average molecular weight is 263 g/mol. The summed E-state index contributed by atoms with van der Waals surface area (Å²) >= 11 is 0. The van der Waals surface area contributed by atoms with Gasteiger partial charge in [-0.15, -0.1) is 0 Å². The molecule has 3 nitrogen and oxygen atoms in total. The summed E-state index contributed by atoms with van der Waals surface area (Å²) in [6.07, 6.45) is 2.98. The van der Waals surface area contributed by atoms with Gasteiger partial charge in [0, 0.05) is 19.5 Å². The number of aliphatic hydroxyl groups excluding tert-OH is 1. The van der Waals surface area contributed by atoms with Crippen LogP contribution < -0.4 is 10.1 Å². The van der Waals surface area contributed by atoms with Gasteiger partial charge in [-0.2, -0.15) is 0 Å². The Bertz CT molecular complexity index is 365. The highest BCUT2D eigenvalue weighted by Gasteiger charge is 2.22. The second-order valence-electron chi connectivity index (χ2n) is 5.35. The van der Waals surface area contributed by atoms with Gasteiger partial charge in [0.25, 0.3) is 0 Å². The second kappa shape index (κ2) is 6.92.